The van der Waals surface area contributed by atoms with Gasteiger partial charge in [-0.15, -0.1) is 0 Å². The van der Waals surface area contributed by atoms with E-state index in [0.717, 1.165) is 6.07 Å². The quantitative estimate of drug-likeness (QED) is 0.587. The molecule has 0 aromatic heterocycles. The summed E-state index contributed by atoms with van der Waals surface area (Å²) in [6.07, 6.45) is -0.173. The van der Waals surface area contributed by atoms with Crippen LogP contribution in [0.1, 0.15) is 20.8 Å². The molecule has 0 saturated heterocycles. The fourth-order valence-electron chi connectivity index (χ4n) is 1.48. The van der Waals surface area contributed by atoms with Crippen LogP contribution in [0.4, 0.5) is 15.8 Å². The lowest BCUT2D eigenvalue weighted by molar-refractivity contribution is 0.147. The predicted molar refractivity (Wildman–Crippen MR) is 72.8 cm³/mol. The molecule has 0 aliphatic heterocycles. The summed E-state index contributed by atoms with van der Waals surface area (Å²) in [5, 5.41) is 21.4. The first-order valence-corrected chi connectivity index (χ1v) is 6.07. The number of anilines is 2. The van der Waals surface area contributed by atoms with Crippen LogP contribution in [0.5, 0.6) is 5.75 Å². The molecule has 0 fully saturated rings. The minimum atomic E-state index is -0.943. The summed E-state index contributed by atoms with van der Waals surface area (Å²) < 4.78 is 19.0. The second-order valence-electron chi connectivity index (χ2n) is 5.04. The third-order valence-corrected chi connectivity index (χ3v) is 2.60. The number of benzene rings is 1. The van der Waals surface area contributed by atoms with Crippen LogP contribution in [-0.2, 0) is 0 Å². The molecular weight excluding hydrogens is 251 g/mol. The summed E-state index contributed by atoms with van der Waals surface area (Å²) in [6, 6.07) is 2.57. The highest BCUT2D eigenvalue weighted by Gasteiger charge is 2.23. The molecule has 1 aromatic rings. The van der Waals surface area contributed by atoms with E-state index in [0.29, 0.717) is 5.69 Å². The molecule has 0 aliphatic carbocycles. The highest BCUT2D eigenvalue weighted by molar-refractivity contribution is 5.69. The monoisotopic (exact) mass is 272 g/mol. The standard InChI is InChI=1S/C13H21FN2O3/c1-8(2)19-12-5-11(10(15)4-9(12)14)16-13(3,6-17)7-18/h4-5,8,16-18H,6-7,15H2,1-3H3. The lowest BCUT2D eigenvalue weighted by Gasteiger charge is -2.28. The first kappa shape index (κ1) is 15.5. The van der Waals surface area contributed by atoms with Crippen LogP contribution in [0.25, 0.3) is 0 Å². The van der Waals surface area contributed by atoms with E-state index in [1.54, 1.807) is 20.8 Å². The van der Waals surface area contributed by atoms with Crippen molar-refractivity contribution in [1.82, 2.24) is 0 Å². The topological polar surface area (TPSA) is 87.7 Å². The minimum Gasteiger partial charge on any atom is -0.488 e. The lowest BCUT2D eigenvalue weighted by atomic mass is 10.0. The largest absolute Gasteiger partial charge is 0.488 e. The van der Waals surface area contributed by atoms with Crippen molar-refractivity contribution in [2.45, 2.75) is 32.4 Å². The van der Waals surface area contributed by atoms with Crippen LogP contribution in [0.3, 0.4) is 0 Å². The number of rotatable bonds is 6. The van der Waals surface area contributed by atoms with E-state index in [1.165, 1.54) is 6.07 Å². The molecule has 0 heterocycles. The molecular formula is C13H21FN2O3. The van der Waals surface area contributed by atoms with E-state index in [-0.39, 0.29) is 30.8 Å². The van der Waals surface area contributed by atoms with Crippen molar-refractivity contribution in [3.05, 3.63) is 17.9 Å². The number of hydrogen-bond donors (Lipinski definition) is 4. The smallest absolute Gasteiger partial charge is 0.167 e. The summed E-state index contributed by atoms with van der Waals surface area (Å²) in [4.78, 5) is 0. The van der Waals surface area contributed by atoms with Crippen molar-refractivity contribution in [3.8, 4) is 5.75 Å². The SMILES string of the molecule is CC(C)Oc1cc(NC(C)(CO)CO)c(N)cc1F. The van der Waals surface area contributed by atoms with Crippen LogP contribution < -0.4 is 15.8 Å². The van der Waals surface area contributed by atoms with Gasteiger partial charge >= 0.3 is 0 Å². The minimum absolute atomic E-state index is 0.0740. The molecule has 108 valence electrons. The Balaban J connectivity index is 3.07. The average Bonchev–Trinajstić information content (AvgIpc) is 2.34. The van der Waals surface area contributed by atoms with Crippen LogP contribution >= 0.6 is 0 Å². The van der Waals surface area contributed by atoms with E-state index in [1.807, 2.05) is 0 Å². The van der Waals surface area contributed by atoms with Crippen LogP contribution in [0, 0.1) is 5.82 Å². The van der Waals surface area contributed by atoms with Gasteiger partial charge < -0.3 is 26.0 Å². The number of nitrogens with one attached hydrogen (secondary N) is 1. The Morgan fingerprint density at radius 1 is 1.37 bits per heavy atom. The van der Waals surface area contributed by atoms with Crippen molar-refractivity contribution in [3.63, 3.8) is 0 Å². The second kappa shape index (κ2) is 6.08. The molecule has 0 unspecified atom stereocenters. The van der Waals surface area contributed by atoms with Crippen molar-refractivity contribution >= 4 is 11.4 Å². The van der Waals surface area contributed by atoms with Crippen LogP contribution in [0.15, 0.2) is 12.1 Å². The molecule has 0 amide bonds. The zero-order valence-corrected chi connectivity index (χ0v) is 11.4. The Bertz CT molecular complexity index is 434. The van der Waals surface area contributed by atoms with E-state index in [4.69, 9.17) is 10.5 Å². The molecule has 1 aromatic carbocycles. The maximum absolute atomic E-state index is 13.7. The molecule has 5 N–H and O–H groups in total. The summed E-state index contributed by atoms with van der Waals surface area (Å²) in [5.74, 6) is -0.476. The highest BCUT2D eigenvalue weighted by Crippen LogP contribution is 2.30. The zero-order valence-electron chi connectivity index (χ0n) is 11.4. The zero-order chi connectivity index (χ0) is 14.6. The fraction of sp³-hybridized carbons (Fsp3) is 0.538. The molecule has 0 spiro atoms. The summed E-state index contributed by atoms with van der Waals surface area (Å²) >= 11 is 0. The number of aliphatic hydroxyl groups excluding tert-OH is 2. The number of hydrogen-bond acceptors (Lipinski definition) is 5. The molecule has 5 nitrogen and oxygen atoms in total. The maximum Gasteiger partial charge on any atom is 0.167 e. The van der Waals surface area contributed by atoms with Crippen LogP contribution in [0.2, 0.25) is 0 Å². The van der Waals surface area contributed by atoms with E-state index in [2.05, 4.69) is 5.32 Å². The van der Waals surface area contributed by atoms with Crippen molar-refractivity contribution in [2.75, 3.05) is 24.3 Å². The third-order valence-electron chi connectivity index (χ3n) is 2.60. The Morgan fingerprint density at radius 3 is 2.42 bits per heavy atom. The molecule has 0 radical (unpaired) electrons. The van der Waals surface area contributed by atoms with Gasteiger partial charge in [0.05, 0.1) is 36.2 Å². The molecule has 1 rings (SSSR count). The number of aliphatic hydroxyl groups is 2. The van der Waals surface area contributed by atoms with Gasteiger partial charge in [-0.3, -0.25) is 0 Å². The van der Waals surface area contributed by atoms with E-state index >= 15 is 0 Å². The summed E-state index contributed by atoms with van der Waals surface area (Å²) in [5.41, 5.74) is 5.36. The first-order valence-electron chi connectivity index (χ1n) is 6.07. The van der Waals surface area contributed by atoms with Gasteiger partial charge in [-0.1, -0.05) is 0 Å². The summed E-state index contributed by atoms with van der Waals surface area (Å²) in [7, 11) is 0. The molecule has 0 aliphatic rings. The molecule has 0 atom stereocenters. The lowest BCUT2D eigenvalue weighted by Crippen LogP contribution is -2.42. The molecule has 6 heteroatoms. The number of ether oxygens (including phenoxy) is 1. The molecule has 19 heavy (non-hydrogen) atoms. The van der Waals surface area contributed by atoms with Crippen LogP contribution in [-0.4, -0.2) is 35.1 Å². The Morgan fingerprint density at radius 2 is 1.95 bits per heavy atom. The van der Waals surface area contributed by atoms with E-state index < -0.39 is 11.4 Å². The molecule has 0 saturated carbocycles. The summed E-state index contributed by atoms with van der Waals surface area (Å²) in [6.45, 7) is 4.61. The van der Waals surface area contributed by atoms with Gasteiger partial charge in [-0.2, -0.15) is 0 Å². The second-order valence-corrected chi connectivity index (χ2v) is 5.04. The average molecular weight is 272 g/mol. The normalized spacial score (nSPS) is 11.7. The van der Waals surface area contributed by atoms with Crippen molar-refractivity contribution in [2.24, 2.45) is 0 Å². The van der Waals surface area contributed by atoms with Gasteiger partial charge in [0.1, 0.15) is 0 Å². The van der Waals surface area contributed by atoms with Gasteiger partial charge in [-0.25, -0.2) is 4.39 Å². The number of halogens is 1. The number of nitrogen functional groups attached to an aromatic ring is 1. The van der Waals surface area contributed by atoms with Gasteiger partial charge in [0, 0.05) is 12.1 Å². The predicted octanol–water partition coefficient (Wildman–Crippen LogP) is 1.35. The number of nitrogens with two attached hydrogens (primary N) is 1. The third kappa shape index (κ3) is 3.97. The van der Waals surface area contributed by atoms with Gasteiger partial charge in [0.2, 0.25) is 0 Å². The Kier molecular flexibility index (Phi) is 4.97. The highest BCUT2D eigenvalue weighted by atomic mass is 19.1. The molecule has 0 bridgehead atoms. The Labute approximate surface area is 112 Å². The van der Waals surface area contributed by atoms with Crippen molar-refractivity contribution in [1.29, 1.82) is 0 Å². The van der Waals surface area contributed by atoms with E-state index in [9.17, 15) is 14.6 Å². The van der Waals surface area contributed by atoms with Crippen molar-refractivity contribution < 1.29 is 19.3 Å². The van der Waals surface area contributed by atoms with Gasteiger partial charge in [0.15, 0.2) is 11.6 Å². The van der Waals surface area contributed by atoms with Gasteiger partial charge in [-0.05, 0) is 20.8 Å². The fourth-order valence-corrected chi connectivity index (χ4v) is 1.48. The Hall–Kier alpha value is -1.53. The maximum atomic E-state index is 13.7. The first-order chi connectivity index (χ1) is 8.81. The van der Waals surface area contributed by atoms with Gasteiger partial charge in [0.25, 0.3) is 0 Å².